The van der Waals surface area contributed by atoms with Gasteiger partial charge < -0.3 is 29.2 Å². The molecule has 0 aromatic rings. The molecule has 0 radical (unpaired) electrons. The highest BCUT2D eigenvalue weighted by molar-refractivity contribution is 5.33. The quantitative estimate of drug-likeness (QED) is 0.271. The van der Waals surface area contributed by atoms with Crippen LogP contribution in [0, 0.1) is 51.2 Å². The zero-order valence-electron chi connectivity index (χ0n) is 32.1. The summed E-state index contributed by atoms with van der Waals surface area (Å²) in [6.07, 6.45) is 16.5. The van der Waals surface area contributed by atoms with Gasteiger partial charge in [-0.15, -0.1) is 0 Å². The Morgan fingerprint density at radius 1 is 0.898 bits per heavy atom. The lowest BCUT2D eigenvalue weighted by Gasteiger charge is -2.60. The van der Waals surface area contributed by atoms with Crippen molar-refractivity contribution in [2.45, 2.75) is 187 Å². The van der Waals surface area contributed by atoms with E-state index in [9.17, 15) is 10.2 Å². The zero-order valence-corrected chi connectivity index (χ0v) is 32.1. The third kappa shape index (κ3) is 5.26. The normalized spacial score (nSPS) is 50.6. The highest BCUT2D eigenvalue weighted by atomic mass is 16.7. The summed E-state index contributed by atoms with van der Waals surface area (Å²) >= 11 is 0. The Morgan fingerprint density at radius 3 is 2.35 bits per heavy atom. The lowest BCUT2D eigenvalue weighted by atomic mass is 9.46. The average Bonchev–Trinajstić information content (AvgIpc) is 3.64. The lowest BCUT2D eigenvalue weighted by molar-refractivity contribution is -0.248. The van der Waals surface area contributed by atoms with Gasteiger partial charge in [0.05, 0.1) is 36.6 Å². The number of nitrogens with zero attached hydrogens (tertiary/aromatic N) is 1. The molecule has 2 spiro atoms. The number of aliphatic hydroxyl groups excluding tert-OH is 1. The van der Waals surface area contributed by atoms with Gasteiger partial charge >= 0.3 is 0 Å². The van der Waals surface area contributed by atoms with Crippen LogP contribution in [0.5, 0.6) is 0 Å². The number of rotatable bonds is 7. The third-order valence-electron chi connectivity index (χ3n) is 17.3. The maximum absolute atomic E-state index is 12.4. The molecule has 49 heavy (non-hydrogen) atoms. The number of hydrogen-bond acceptors (Lipinski definition) is 7. The van der Waals surface area contributed by atoms with Crippen molar-refractivity contribution in [3.63, 3.8) is 0 Å². The number of morpholine rings is 1. The molecular weight excluding hydrogens is 614 g/mol. The summed E-state index contributed by atoms with van der Waals surface area (Å²) in [4.78, 5) is 2.71. The summed E-state index contributed by atoms with van der Waals surface area (Å²) < 4.78 is 26.4. The van der Waals surface area contributed by atoms with Gasteiger partial charge in [0.25, 0.3) is 0 Å². The van der Waals surface area contributed by atoms with Gasteiger partial charge in [-0.05, 0) is 136 Å². The summed E-state index contributed by atoms with van der Waals surface area (Å²) in [5.74, 6) is 2.56. The molecule has 2 N–H and O–H groups in total. The van der Waals surface area contributed by atoms with Gasteiger partial charge in [-0.3, -0.25) is 4.90 Å². The molecule has 8 fully saturated rings. The van der Waals surface area contributed by atoms with Crippen LogP contribution in [-0.2, 0) is 18.9 Å². The molecule has 6 saturated carbocycles. The van der Waals surface area contributed by atoms with E-state index in [4.69, 9.17) is 18.9 Å². The largest absolute Gasteiger partial charge is 0.390 e. The average molecular weight is 686 g/mol. The Bertz CT molecular complexity index is 1200. The smallest absolute Gasteiger partial charge is 0.170 e. The van der Waals surface area contributed by atoms with Crippen molar-refractivity contribution in [2.24, 2.45) is 51.2 Å². The number of aliphatic hydroxyl groups is 2. The van der Waals surface area contributed by atoms with E-state index < -0.39 is 11.7 Å². The SMILES string of the molecule is CCO[C@@H](C1CCC2C(O1)C(O)C1C3CC[C@H]4C(C)(C)[C@@H](OC5CN(C6CCCCCC6)CCO5)CCC45[C@@H](C)[C@@]35CC[C@]21C)C(C)(C)O. The predicted octanol–water partition coefficient (Wildman–Crippen LogP) is 7.35. The first kappa shape index (κ1) is 35.7. The van der Waals surface area contributed by atoms with Gasteiger partial charge in [-0.25, -0.2) is 0 Å². The van der Waals surface area contributed by atoms with Gasteiger partial charge in [0.15, 0.2) is 6.29 Å². The highest BCUT2D eigenvalue weighted by Gasteiger charge is 2.85. The molecule has 0 aromatic carbocycles. The predicted molar refractivity (Wildman–Crippen MR) is 191 cm³/mol. The summed E-state index contributed by atoms with van der Waals surface area (Å²) in [6, 6.07) is 0.707. The molecule has 7 heteroatoms. The van der Waals surface area contributed by atoms with Crippen LogP contribution in [0.2, 0.25) is 0 Å². The molecule has 8 rings (SSSR count). The Balaban J connectivity index is 0.986. The summed E-state index contributed by atoms with van der Waals surface area (Å²) in [5.41, 5.74) is -0.0973. The standard InChI is InChI=1S/C42H71NO6/c1-8-46-37(39(5,6)45)30-17-15-29-36(48-30)35(44)34-28-16-18-31-38(3,4)32(19-20-42(31)26(2)41(28,42)22-21-40(29,34)7)49-33-25-43(23-24-47-33)27-13-11-9-10-12-14-27/h26-37,44-45H,8-25H2,1-7H3/t26-,28?,29?,30?,31-,32-,33?,34?,35?,36?,37-,40+,41-,42?/m0/s1. The number of fused-ring (bicyclic) bond motifs is 4. The Labute approximate surface area is 297 Å². The number of hydrogen-bond donors (Lipinski definition) is 2. The van der Waals surface area contributed by atoms with Crippen molar-refractivity contribution >= 4 is 0 Å². The molecule has 14 atom stereocenters. The van der Waals surface area contributed by atoms with Crippen molar-refractivity contribution in [3.05, 3.63) is 0 Å². The van der Waals surface area contributed by atoms with Gasteiger partial charge in [-0.2, -0.15) is 0 Å². The molecule has 0 bridgehead atoms. The van der Waals surface area contributed by atoms with Crippen LogP contribution in [0.4, 0.5) is 0 Å². The van der Waals surface area contributed by atoms with Crippen LogP contribution in [0.3, 0.4) is 0 Å². The van der Waals surface area contributed by atoms with Gasteiger partial charge in [0, 0.05) is 25.7 Å². The minimum absolute atomic E-state index is 0.0969. The molecule has 7 nitrogen and oxygen atoms in total. The topological polar surface area (TPSA) is 80.6 Å². The molecule has 8 unspecified atom stereocenters. The minimum atomic E-state index is -0.987. The minimum Gasteiger partial charge on any atom is -0.390 e. The molecule has 0 amide bonds. The van der Waals surface area contributed by atoms with Gasteiger partial charge in [-0.1, -0.05) is 53.4 Å². The summed E-state index contributed by atoms with van der Waals surface area (Å²) in [5, 5.41) is 23.4. The molecule has 2 heterocycles. The molecule has 6 aliphatic carbocycles. The van der Waals surface area contributed by atoms with Crippen molar-refractivity contribution in [2.75, 3.05) is 26.3 Å². The van der Waals surface area contributed by atoms with Crippen molar-refractivity contribution in [1.82, 2.24) is 4.90 Å². The van der Waals surface area contributed by atoms with Crippen molar-refractivity contribution < 1.29 is 29.2 Å². The zero-order chi connectivity index (χ0) is 34.6. The Kier molecular flexibility index (Phi) is 9.23. The van der Waals surface area contributed by atoms with E-state index in [2.05, 4.69) is 32.6 Å². The Hall–Kier alpha value is -0.280. The lowest BCUT2D eigenvalue weighted by Crippen LogP contribution is -2.57. The van der Waals surface area contributed by atoms with E-state index in [0.717, 1.165) is 39.0 Å². The van der Waals surface area contributed by atoms with E-state index in [-0.39, 0.29) is 47.5 Å². The van der Waals surface area contributed by atoms with E-state index in [1.807, 2.05) is 20.8 Å². The molecule has 0 aromatic heterocycles. The van der Waals surface area contributed by atoms with Crippen LogP contribution >= 0.6 is 0 Å². The fourth-order valence-electron chi connectivity index (χ4n) is 15.3. The second-order valence-corrected chi connectivity index (χ2v) is 19.8. The fraction of sp³-hybridized carbons (Fsp3) is 1.00. The van der Waals surface area contributed by atoms with Crippen LogP contribution in [0.25, 0.3) is 0 Å². The first-order chi connectivity index (χ1) is 23.3. The van der Waals surface area contributed by atoms with Crippen molar-refractivity contribution in [1.29, 1.82) is 0 Å². The van der Waals surface area contributed by atoms with E-state index in [0.29, 0.717) is 47.2 Å². The van der Waals surface area contributed by atoms with Gasteiger partial charge in [0.1, 0.15) is 6.10 Å². The van der Waals surface area contributed by atoms with E-state index >= 15 is 0 Å². The first-order valence-corrected chi connectivity index (χ1v) is 21.0. The number of ether oxygens (including phenoxy) is 4. The third-order valence-corrected chi connectivity index (χ3v) is 17.3. The van der Waals surface area contributed by atoms with Gasteiger partial charge in [0.2, 0.25) is 0 Å². The molecular formula is C42H71NO6. The maximum Gasteiger partial charge on any atom is 0.170 e. The monoisotopic (exact) mass is 686 g/mol. The molecule has 2 saturated heterocycles. The second kappa shape index (κ2) is 12.7. The van der Waals surface area contributed by atoms with Crippen LogP contribution < -0.4 is 0 Å². The van der Waals surface area contributed by atoms with Crippen LogP contribution in [0.15, 0.2) is 0 Å². The highest BCUT2D eigenvalue weighted by Crippen LogP contribution is 2.89. The van der Waals surface area contributed by atoms with Crippen LogP contribution in [-0.4, -0.2) is 89.9 Å². The second-order valence-electron chi connectivity index (χ2n) is 19.8. The fourth-order valence-corrected chi connectivity index (χ4v) is 15.3. The van der Waals surface area contributed by atoms with E-state index in [1.165, 1.54) is 70.6 Å². The van der Waals surface area contributed by atoms with Crippen molar-refractivity contribution in [3.8, 4) is 0 Å². The molecule has 2 aliphatic heterocycles. The maximum atomic E-state index is 12.4. The summed E-state index contributed by atoms with van der Waals surface area (Å²) in [7, 11) is 0. The Morgan fingerprint density at radius 2 is 1.63 bits per heavy atom. The first-order valence-electron chi connectivity index (χ1n) is 21.0. The van der Waals surface area contributed by atoms with E-state index in [1.54, 1.807) is 0 Å². The van der Waals surface area contributed by atoms with Crippen LogP contribution in [0.1, 0.15) is 138 Å². The molecule has 8 aliphatic rings. The molecule has 280 valence electrons. The summed E-state index contributed by atoms with van der Waals surface area (Å²) in [6.45, 7) is 19.2.